The Morgan fingerprint density at radius 1 is 0.500 bits per heavy atom. The van der Waals surface area contributed by atoms with E-state index >= 15 is 0 Å². The smallest absolute Gasteiger partial charge is 0.0331 e. The fourth-order valence-electron chi connectivity index (χ4n) is 2.45. The summed E-state index contributed by atoms with van der Waals surface area (Å²) in [6, 6.07) is 0. The van der Waals surface area contributed by atoms with Crippen LogP contribution in [0.2, 0.25) is 0 Å². The average molecular weight is 272 g/mol. The average Bonchev–Trinajstić information content (AvgIpc) is 2.34. The topological polar surface area (TPSA) is 0 Å². The van der Waals surface area contributed by atoms with Gasteiger partial charge in [-0.25, -0.2) is 0 Å². The van der Waals surface area contributed by atoms with Crippen molar-refractivity contribution in [2.24, 2.45) is 0 Å². The predicted molar refractivity (Wildman–Crippen MR) is 89.3 cm³/mol. The summed E-state index contributed by atoms with van der Waals surface area (Å²) in [5.74, 6) is 0. The van der Waals surface area contributed by atoms with Gasteiger partial charge in [0.2, 0.25) is 0 Å². The molecule has 0 nitrogen and oxygen atoms in total. The summed E-state index contributed by atoms with van der Waals surface area (Å²) >= 11 is 0. The molecule has 110 valence electrons. The van der Waals surface area contributed by atoms with Crippen LogP contribution in [-0.4, -0.2) is 19.5 Å². The molecule has 0 aromatic carbocycles. The van der Waals surface area contributed by atoms with Gasteiger partial charge in [-0.2, -0.15) is 0 Å². The van der Waals surface area contributed by atoms with Crippen LogP contribution < -0.4 is 0 Å². The minimum absolute atomic E-state index is 0.360. The van der Waals surface area contributed by atoms with Crippen molar-refractivity contribution in [3.8, 4) is 0 Å². The largest absolute Gasteiger partial charge is 0.113 e. The Balaban J connectivity index is 2.90. The molecule has 1 heteroatoms. The van der Waals surface area contributed by atoms with Gasteiger partial charge in [0.1, 0.15) is 0 Å². The maximum absolute atomic E-state index is 2.40. The Morgan fingerprint density at radius 3 is 1.17 bits per heavy atom. The third-order valence-corrected chi connectivity index (χ3v) is 4.92. The first-order valence-corrected chi connectivity index (χ1v) is 10.8. The van der Waals surface area contributed by atoms with Crippen molar-refractivity contribution < 1.29 is 0 Å². The Labute approximate surface area is 118 Å². The monoisotopic (exact) mass is 272 g/mol. The minimum atomic E-state index is 0.360. The fourth-order valence-corrected chi connectivity index (χ4v) is 3.30. The van der Waals surface area contributed by atoms with Gasteiger partial charge in [-0.1, -0.05) is 84.0 Å². The van der Waals surface area contributed by atoms with Crippen LogP contribution >= 0.6 is 7.92 Å². The normalized spacial score (nSPS) is 11.3. The number of hydrogen-bond donors (Lipinski definition) is 0. The van der Waals surface area contributed by atoms with E-state index in [2.05, 4.69) is 20.3 Å². The zero-order chi connectivity index (χ0) is 13.5. The molecule has 0 saturated carbocycles. The molecule has 0 aliphatic rings. The van der Waals surface area contributed by atoms with Gasteiger partial charge in [0.25, 0.3) is 0 Å². The van der Waals surface area contributed by atoms with Gasteiger partial charge >= 0.3 is 0 Å². The summed E-state index contributed by atoms with van der Waals surface area (Å²) in [5.41, 5.74) is 0. The predicted octanol–water partition coefficient (Wildman–Crippen LogP) is 6.82. The molecule has 0 fully saturated rings. The molecule has 0 radical (unpaired) electrons. The molecule has 0 heterocycles. The SMILES string of the molecule is CCCCCCCCCCCCCCCP(C)C. The van der Waals surface area contributed by atoms with Crippen molar-refractivity contribution in [3.63, 3.8) is 0 Å². The third kappa shape index (κ3) is 16.4. The van der Waals surface area contributed by atoms with Crippen molar-refractivity contribution >= 4 is 7.92 Å². The molecule has 0 aromatic heterocycles. The summed E-state index contributed by atoms with van der Waals surface area (Å²) in [4.78, 5) is 0. The number of rotatable bonds is 14. The van der Waals surface area contributed by atoms with Crippen LogP contribution in [0, 0.1) is 0 Å². The second kappa shape index (κ2) is 15.5. The fraction of sp³-hybridized carbons (Fsp3) is 1.00. The first-order valence-electron chi connectivity index (χ1n) is 8.42. The molecule has 0 saturated heterocycles. The van der Waals surface area contributed by atoms with Crippen LogP contribution in [0.15, 0.2) is 0 Å². The van der Waals surface area contributed by atoms with Crippen molar-refractivity contribution in [2.75, 3.05) is 19.5 Å². The highest BCUT2D eigenvalue weighted by molar-refractivity contribution is 7.55. The lowest BCUT2D eigenvalue weighted by molar-refractivity contribution is 0.543. The molecule has 0 bridgehead atoms. The van der Waals surface area contributed by atoms with Gasteiger partial charge in [-0.3, -0.25) is 0 Å². The zero-order valence-electron chi connectivity index (χ0n) is 13.3. The van der Waals surface area contributed by atoms with E-state index in [1.165, 1.54) is 89.6 Å². The lowest BCUT2D eigenvalue weighted by Crippen LogP contribution is -1.85. The summed E-state index contributed by atoms with van der Waals surface area (Å²) in [5, 5.41) is 0. The molecular weight excluding hydrogens is 235 g/mol. The maximum Gasteiger partial charge on any atom is -0.0331 e. The molecule has 0 spiro atoms. The minimum Gasteiger partial charge on any atom is -0.113 e. The van der Waals surface area contributed by atoms with Crippen LogP contribution in [0.25, 0.3) is 0 Å². The van der Waals surface area contributed by atoms with Gasteiger partial charge in [0.05, 0.1) is 0 Å². The molecule has 0 N–H and O–H groups in total. The molecule has 0 aliphatic carbocycles. The van der Waals surface area contributed by atoms with Crippen LogP contribution in [0.5, 0.6) is 0 Å². The third-order valence-electron chi connectivity index (χ3n) is 3.71. The van der Waals surface area contributed by atoms with Crippen LogP contribution in [0.3, 0.4) is 0 Å². The van der Waals surface area contributed by atoms with Gasteiger partial charge in [0, 0.05) is 0 Å². The molecular formula is C17H37P. The van der Waals surface area contributed by atoms with E-state index < -0.39 is 0 Å². The molecule has 0 amide bonds. The first kappa shape index (κ1) is 18.4. The molecule has 0 rings (SSSR count). The van der Waals surface area contributed by atoms with Gasteiger partial charge < -0.3 is 0 Å². The lowest BCUT2D eigenvalue weighted by atomic mass is 10.1. The summed E-state index contributed by atoms with van der Waals surface area (Å²) in [6.45, 7) is 7.09. The Hall–Kier alpha value is 0.430. The van der Waals surface area contributed by atoms with E-state index in [0.29, 0.717) is 7.92 Å². The van der Waals surface area contributed by atoms with Crippen molar-refractivity contribution in [1.29, 1.82) is 0 Å². The van der Waals surface area contributed by atoms with Crippen molar-refractivity contribution in [3.05, 3.63) is 0 Å². The van der Waals surface area contributed by atoms with E-state index in [1.807, 2.05) is 0 Å². The van der Waals surface area contributed by atoms with Crippen LogP contribution in [-0.2, 0) is 0 Å². The van der Waals surface area contributed by atoms with Crippen molar-refractivity contribution in [2.45, 2.75) is 90.4 Å². The number of unbranched alkanes of at least 4 members (excludes halogenated alkanes) is 12. The Bertz CT molecular complexity index is 143. The van der Waals surface area contributed by atoms with Gasteiger partial charge in [-0.15, -0.1) is 7.92 Å². The van der Waals surface area contributed by atoms with Crippen molar-refractivity contribution in [1.82, 2.24) is 0 Å². The molecule has 0 atom stereocenters. The van der Waals surface area contributed by atoms with E-state index in [-0.39, 0.29) is 0 Å². The lowest BCUT2D eigenvalue weighted by Gasteiger charge is -2.05. The highest BCUT2D eigenvalue weighted by atomic mass is 31.1. The Kier molecular flexibility index (Phi) is 15.9. The van der Waals surface area contributed by atoms with E-state index in [1.54, 1.807) is 0 Å². The summed E-state index contributed by atoms with van der Waals surface area (Å²) < 4.78 is 0. The molecule has 18 heavy (non-hydrogen) atoms. The van der Waals surface area contributed by atoms with E-state index in [9.17, 15) is 0 Å². The van der Waals surface area contributed by atoms with Gasteiger partial charge in [0.15, 0.2) is 0 Å². The maximum atomic E-state index is 2.40. The standard InChI is InChI=1S/C17H37P/c1-4-5-6-7-8-9-10-11-12-13-14-15-16-17-18(2)3/h4-17H2,1-3H3. The highest BCUT2D eigenvalue weighted by Crippen LogP contribution is 2.26. The van der Waals surface area contributed by atoms with Crippen LogP contribution in [0.1, 0.15) is 90.4 Å². The molecule has 0 aromatic rings. The summed E-state index contributed by atoms with van der Waals surface area (Å²) in [6.07, 6.45) is 20.6. The quantitative estimate of drug-likeness (QED) is 0.240. The first-order chi connectivity index (χ1) is 8.77. The van der Waals surface area contributed by atoms with E-state index in [0.717, 1.165) is 0 Å². The zero-order valence-corrected chi connectivity index (χ0v) is 14.2. The molecule has 0 aliphatic heterocycles. The second-order valence-corrected chi connectivity index (χ2v) is 8.65. The number of hydrogen-bond acceptors (Lipinski definition) is 0. The highest BCUT2D eigenvalue weighted by Gasteiger charge is 1.95. The van der Waals surface area contributed by atoms with Crippen LogP contribution in [0.4, 0.5) is 0 Å². The Morgan fingerprint density at radius 2 is 0.833 bits per heavy atom. The van der Waals surface area contributed by atoms with Gasteiger partial charge in [-0.05, 0) is 25.9 Å². The second-order valence-electron chi connectivity index (χ2n) is 6.05. The van der Waals surface area contributed by atoms with E-state index in [4.69, 9.17) is 0 Å². The molecule has 0 unspecified atom stereocenters. The summed E-state index contributed by atoms with van der Waals surface area (Å²) in [7, 11) is 0.360.